The molecule has 2 saturated heterocycles. The van der Waals surface area contributed by atoms with Gasteiger partial charge in [-0.05, 0) is 29.0 Å². The van der Waals surface area contributed by atoms with Crippen molar-refractivity contribution in [3.05, 3.63) is 77.3 Å². The number of amides is 2. The summed E-state index contributed by atoms with van der Waals surface area (Å²) in [5.74, 6) is -1.48. The van der Waals surface area contributed by atoms with Crippen LogP contribution in [0.2, 0.25) is 0 Å². The monoisotopic (exact) mass is 520 g/mol. The number of hydrogen-bond acceptors (Lipinski definition) is 7. The molecule has 3 aromatic rings. The van der Waals surface area contributed by atoms with E-state index in [0.29, 0.717) is 37.6 Å². The molecule has 0 N–H and O–H groups in total. The number of benzene rings is 3. The number of morpholine rings is 1. The van der Waals surface area contributed by atoms with Crippen LogP contribution in [0.5, 0.6) is 0 Å². The standard InChI is InChI=1S/C28H27FN3O6/c29-23-6-3-7-24(27(23)30-12-14-37-15-13-30)31-17-22(38-28(31)35)18-32(36)26(34)11-10-25(33)21-9-8-19-4-1-2-5-20(19)16-21/h1-9,16,22H,10-15,17-18H2/q-1. The van der Waals surface area contributed by atoms with E-state index in [2.05, 4.69) is 0 Å². The molecular weight excluding hydrogens is 493 g/mol. The number of hydroxylamine groups is 2. The minimum absolute atomic E-state index is 0.0122. The molecule has 0 saturated carbocycles. The molecule has 10 heteroatoms. The minimum Gasteiger partial charge on any atom is -0.756 e. The summed E-state index contributed by atoms with van der Waals surface area (Å²) >= 11 is 0. The van der Waals surface area contributed by atoms with Crippen molar-refractivity contribution in [3.8, 4) is 0 Å². The van der Waals surface area contributed by atoms with Crippen LogP contribution >= 0.6 is 0 Å². The molecule has 2 aliphatic rings. The summed E-state index contributed by atoms with van der Waals surface area (Å²) in [7, 11) is 0. The van der Waals surface area contributed by atoms with E-state index in [-0.39, 0.29) is 42.5 Å². The highest BCUT2D eigenvalue weighted by atomic mass is 19.1. The molecule has 2 fully saturated rings. The van der Waals surface area contributed by atoms with Crippen LogP contribution in [0.1, 0.15) is 23.2 Å². The second-order valence-corrected chi connectivity index (χ2v) is 9.26. The van der Waals surface area contributed by atoms with Gasteiger partial charge in [-0.15, -0.1) is 0 Å². The molecule has 1 unspecified atom stereocenters. The Morgan fingerprint density at radius 3 is 2.55 bits per heavy atom. The second-order valence-electron chi connectivity index (χ2n) is 9.26. The summed E-state index contributed by atoms with van der Waals surface area (Å²) in [4.78, 5) is 40.8. The number of fused-ring (bicyclic) bond motifs is 1. The van der Waals surface area contributed by atoms with Crippen LogP contribution in [0.3, 0.4) is 0 Å². The van der Waals surface area contributed by atoms with Gasteiger partial charge < -0.3 is 24.6 Å². The minimum atomic E-state index is -0.888. The molecule has 2 amide bonds. The lowest BCUT2D eigenvalue weighted by Crippen LogP contribution is -2.39. The molecule has 0 aromatic heterocycles. The topological polar surface area (TPSA) is 102 Å². The van der Waals surface area contributed by atoms with Crippen LogP contribution in [-0.2, 0) is 14.3 Å². The highest BCUT2D eigenvalue weighted by Gasteiger charge is 2.36. The number of Topliss-reactive ketones (excluding diaryl/α,β-unsaturated/α-hetero) is 1. The average molecular weight is 521 g/mol. The summed E-state index contributed by atoms with van der Waals surface area (Å²) < 4.78 is 25.5. The van der Waals surface area contributed by atoms with Crippen molar-refractivity contribution in [3.63, 3.8) is 0 Å². The maximum absolute atomic E-state index is 14.8. The van der Waals surface area contributed by atoms with Gasteiger partial charge in [-0.25, -0.2) is 9.18 Å². The fraction of sp³-hybridized carbons (Fsp3) is 0.321. The highest BCUT2D eigenvalue weighted by molar-refractivity contribution is 6.01. The van der Waals surface area contributed by atoms with E-state index in [9.17, 15) is 24.0 Å². The number of cyclic esters (lactones) is 1. The first-order chi connectivity index (χ1) is 18.4. The average Bonchev–Trinajstić information content (AvgIpc) is 3.30. The summed E-state index contributed by atoms with van der Waals surface area (Å²) in [6.07, 6.45) is -1.98. The summed E-state index contributed by atoms with van der Waals surface area (Å²) in [5, 5.41) is 14.6. The number of rotatable bonds is 8. The number of nitrogens with zero attached hydrogens (tertiary/aromatic N) is 3. The van der Waals surface area contributed by atoms with E-state index in [4.69, 9.17) is 9.47 Å². The van der Waals surface area contributed by atoms with Crippen molar-refractivity contribution in [1.82, 2.24) is 5.06 Å². The number of carbonyl (C=O) groups excluding carboxylic acids is 3. The molecule has 1 atom stereocenters. The van der Waals surface area contributed by atoms with Crippen LogP contribution in [-0.4, -0.2) is 68.3 Å². The second kappa shape index (κ2) is 11.2. The number of anilines is 2. The molecule has 2 aliphatic heterocycles. The first-order valence-corrected chi connectivity index (χ1v) is 12.5. The summed E-state index contributed by atoms with van der Waals surface area (Å²) in [6.45, 7) is 1.44. The fourth-order valence-corrected chi connectivity index (χ4v) is 4.77. The molecule has 198 valence electrons. The predicted octanol–water partition coefficient (Wildman–Crippen LogP) is 4.13. The van der Waals surface area contributed by atoms with Crippen LogP contribution < -0.4 is 9.80 Å². The Kier molecular flexibility index (Phi) is 7.52. The largest absolute Gasteiger partial charge is 0.756 e. The molecule has 0 bridgehead atoms. The van der Waals surface area contributed by atoms with E-state index < -0.39 is 23.9 Å². The lowest BCUT2D eigenvalue weighted by atomic mass is 10.0. The summed E-state index contributed by atoms with van der Waals surface area (Å²) in [6, 6.07) is 17.4. The van der Waals surface area contributed by atoms with Gasteiger partial charge in [0.05, 0.1) is 31.1 Å². The van der Waals surface area contributed by atoms with Gasteiger partial charge in [-0.3, -0.25) is 14.5 Å². The molecule has 9 nitrogen and oxygen atoms in total. The van der Waals surface area contributed by atoms with Gasteiger partial charge in [0.2, 0.25) is 5.91 Å². The van der Waals surface area contributed by atoms with Crippen LogP contribution in [0, 0.1) is 11.0 Å². The van der Waals surface area contributed by atoms with E-state index in [1.807, 2.05) is 35.2 Å². The van der Waals surface area contributed by atoms with Crippen molar-refractivity contribution in [2.24, 2.45) is 0 Å². The fourth-order valence-electron chi connectivity index (χ4n) is 4.77. The molecular formula is C28H27FN3O6-. The Balaban J connectivity index is 1.18. The first kappa shape index (κ1) is 25.6. The molecule has 3 aromatic carbocycles. The third-order valence-electron chi connectivity index (χ3n) is 6.74. The van der Waals surface area contributed by atoms with Gasteiger partial charge in [0.1, 0.15) is 11.9 Å². The number of ether oxygens (including phenoxy) is 2. The van der Waals surface area contributed by atoms with Gasteiger partial charge in [-0.2, -0.15) is 0 Å². The lowest BCUT2D eigenvalue weighted by molar-refractivity contribution is -0.129. The third-order valence-corrected chi connectivity index (χ3v) is 6.74. The van der Waals surface area contributed by atoms with E-state index >= 15 is 0 Å². The van der Waals surface area contributed by atoms with Crippen molar-refractivity contribution in [2.45, 2.75) is 18.9 Å². The Hall–Kier alpha value is -4.02. The maximum atomic E-state index is 14.8. The van der Waals surface area contributed by atoms with Crippen LogP contribution in [0.4, 0.5) is 20.6 Å². The number of hydrogen-bond donors (Lipinski definition) is 0. The smallest absolute Gasteiger partial charge is 0.414 e. The van der Waals surface area contributed by atoms with Crippen molar-refractivity contribution >= 4 is 39.9 Å². The van der Waals surface area contributed by atoms with Gasteiger partial charge in [0, 0.05) is 38.0 Å². The summed E-state index contributed by atoms with van der Waals surface area (Å²) in [5.41, 5.74) is 1.08. The number of carbonyl (C=O) groups is 3. The first-order valence-electron chi connectivity index (χ1n) is 12.5. The van der Waals surface area contributed by atoms with Crippen molar-refractivity contribution in [1.29, 1.82) is 0 Å². The zero-order chi connectivity index (χ0) is 26.6. The number of ketones is 1. The maximum Gasteiger partial charge on any atom is 0.414 e. The Morgan fingerprint density at radius 2 is 1.76 bits per heavy atom. The molecule has 5 rings (SSSR count). The Bertz CT molecular complexity index is 1360. The number of para-hydroxylation sites is 1. The Morgan fingerprint density at radius 1 is 1.00 bits per heavy atom. The van der Waals surface area contributed by atoms with Gasteiger partial charge in [-0.1, -0.05) is 42.5 Å². The lowest BCUT2D eigenvalue weighted by Gasteiger charge is -2.32. The van der Waals surface area contributed by atoms with Gasteiger partial charge in [0.25, 0.3) is 0 Å². The van der Waals surface area contributed by atoms with E-state index in [1.54, 1.807) is 18.2 Å². The van der Waals surface area contributed by atoms with Crippen LogP contribution in [0.15, 0.2) is 60.7 Å². The van der Waals surface area contributed by atoms with E-state index in [1.165, 1.54) is 17.0 Å². The van der Waals surface area contributed by atoms with E-state index in [0.717, 1.165) is 10.8 Å². The zero-order valence-electron chi connectivity index (χ0n) is 20.7. The van der Waals surface area contributed by atoms with Gasteiger partial charge in [0.15, 0.2) is 5.78 Å². The highest BCUT2D eigenvalue weighted by Crippen LogP contribution is 2.35. The molecule has 0 radical (unpaired) electrons. The molecule has 0 aliphatic carbocycles. The molecule has 38 heavy (non-hydrogen) atoms. The molecule has 0 spiro atoms. The van der Waals surface area contributed by atoms with Crippen LogP contribution in [0.25, 0.3) is 10.8 Å². The third kappa shape index (κ3) is 5.46. The van der Waals surface area contributed by atoms with Crippen molar-refractivity contribution in [2.75, 3.05) is 49.2 Å². The zero-order valence-corrected chi connectivity index (χ0v) is 20.7. The normalized spacial score (nSPS) is 17.5. The predicted molar refractivity (Wildman–Crippen MR) is 140 cm³/mol. The Labute approximate surface area is 218 Å². The number of halogens is 1. The molecule has 2 heterocycles. The quantitative estimate of drug-likeness (QED) is 0.325. The van der Waals surface area contributed by atoms with Crippen molar-refractivity contribution < 1.29 is 28.2 Å². The SMILES string of the molecule is O=C(CCC(=O)N([O-])CC1CN(c2cccc(F)c2N2CCOCC2)C(=O)O1)c1ccc2ccccc2c1. The van der Waals surface area contributed by atoms with Gasteiger partial charge >= 0.3 is 6.09 Å².